The van der Waals surface area contributed by atoms with E-state index < -0.39 is 0 Å². The molecule has 2 rings (SSSR count). The number of fused-ring (bicyclic) bond motifs is 1. The number of para-hydroxylation sites is 1. The van der Waals surface area contributed by atoms with E-state index in [2.05, 4.69) is 19.9 Å². The van der Waals surface area contributed by atoms with Gasteiger partial charge in [-0.3, -0.25) is 4.79 Å². The van der Waals surface area contributed by atoms with Crippen LogP contribution in [0, 0.1) is 5.92 Å². The third-order valence-corrected chi connectivity index (χ3v) is 4.07. The van der Waals surface area contributed by atoms with Gasteiger partial charge in [-0.25, -0.2) is 0 Å². The zero-order chi connectivity index (χ0) is 13.7. The van der Waals surface area contributed by atoms with Crippen molar-refractivity contribution < 1.29 is 9.53 Å². The Kier molecular flexibility index (Phi) is 5.00. The average Bonchev–Trinajstić information content (AvgIpc) is 2.45. The third-order valence-electron chi connectivity index (χ3n) is 4.07. The predicted molar refractivity (Wildman–Crippen MR) is 77.6 cm³/mol. The monoisotopic (exact) mass is 260 g/mol. The van der Waals surface area contributed by atoms with Crippen molar-refractivity contribution in [1.29, 1.82) is 0 Å². The fraction of sp³-hybridized carbons (Fsp3) is 0.588. The molecule has 2 heteroatoms. The van der Waals surface area contributed by atoms with Crippen LogP contribution in [0.15, 0.2) is 24.3 Å². The van der Waals surface area contributed by atoms with Gasteiger partial charge in [-0.1, -0.05) is 44.9 Å². The summed E-state index contributed by atoms with van der Waals surface area (Å²) in [7, 11) is 0. The Balaban J connectivity index is 1.98. The quantitative estimate of drug-likeness (QED) is 0.760. The first-order valence-corrected chi connectivity index (χ1v) is 7.46. The van der Waals surface area contributed by atoms with Gasteiger partial charge in [-0.05, 0) is 30.4 Å². The van der Waals surface area contributed by atoms with Crippen molar-refractivity contribution in [3.8, 4) is 5.75 Å². The van der Waals surface area contributed by atoms with Gasteiger partial charge >= 0.3 is 0 Å². The first-order valence-electron chi connectivity index (χ1n) is 7.46. The highest BCUT2D eigenvalue weighted by atomic mass is 16.5. The molecule has 19 heavy (non-hydrogen) atoms. The number of hydrogen-bond donors (Lipinski definition) is 0. The smallest absolute Gasteiger partial charge is 0.136 e. The summed E-state index contributed by atoms with van der Waals surface area (Å²) in [6.45, 7) is 4.98. The van der Waals surface area contributed by atoms with E-state index in [1.807, 2.05) is 18.2 Å². The van der Waals surface area contributed by atoms with E-state index in [-0.39, 0.29) is 5.92 Å². The van der Waals surface area contributed by atoms with E-state index in [1.54, 1.807) is 0 Å². The summed E-state index contributed by atoms with van der Waals surface area (Å²) < 4.78 is 5.65. The lowest BCUT2D eigenvalue weighted by Gasteiger charge is -2.26. The van der Waals surface area contributed by atoms with Crippen molar-refractivity contribution in [2.24, 2.45) is 5.92 Å². The largest absolute Gasteiger partial charge is 0.493 e. The van der Waals surface area contributed by atoms with Crippen molar-refractivity contribution in [3.05, 3.63) is 29.8 Å². The molecular weight excluding hydrogens is 236 g/mol. The molecule has 0 bridgehead atoms. The SMILES string of the molecule is CCCCC(C)C(=O)CC1CCOc2ccccc21. The molecule has 0 N–H and O–H groups in total. The number of carbonyl (C=O) groups is 1. The lowest BCUT2D eigenvalue weighted by molar-refractivity contribution is -0.123. The minimum absolute atomic E-state index is 0.204. The number of unbranched alkanes of at least 4 members (excludes halogenated alkanes) is 1. The molecule has 1 aliphatic rings. The van der Waals surface area contributed by atoms with Crippen LogP contribution in [0.4, 0.5) is 0 Å². The Morgan fingerprint density at radius 3 is 3.00 bits per heavy atom. The second-order valence-electron chi connectivity index (χ2n) is 5.59. The molecule has 0 aliphatic carbocycles. The molecule has 104 valence electrons. The summed E-state index contributed by atoms with van der Waals surface area (Å²) in [4.78, 5) is 12.3. The Labute approximate surface area is 116 Å². The van der Waals surface area contributed by atoms with Gasteiger partial charge < -0.3 is 4.74 Å². The van der Waals surface area contributed by atoms with E-state index in [9.17, 15) is 4.79 Å². The number of ether oxygens (including phenoxy) is 1. The summed E-state index contributed by atoms with van der Waals surface area (Å²) in [6.07, 6.45) is 4.98. The molecule has 0 spiro atoms. The zero-order valence-corrected chi connectivity index (χ0v) is 12.0. The predicted octanol–water partition coefficient (Wildman–Crippen LogP) is 4.34. The van der Waals surface area contributed by atoms with Gasteiger partial charge in [0.25, 0.3) is 0 Å². The minimum atomic E-state index is 0.204. The molecule has 1 aromatic rings. The van der Waals surface area contributed by atoms with Crippen molar-refractivity contribution >= 4 is 5.78 Å². The topological polar surface area (TPSA) is 26.3 Å². The van der Waals surface area contributed by atoms with Crippen LogP contribution in [0.25, 0.3) is 0 Å². The number of benzene rings is 1. The minimum Gasteiger partial charge on any atom is -0.493 e. The van der Waals surface area contributed by atoms with Crippen LogP contribution in [0.1, 0.15) is 57.4 Å². The number of rotatable bonds is 6. The van der Waals surface area contributed by atoms with Gasteiger partial charge in [0.05, 0.1) is 6.61 Å². The fourth-order valence-corrected chi connectivity index (χ4v) is 2.74. The highest BCUT2D eigenvalue weighted by Gasteiger charge is 2.25. The Hall–Kier alpha value is -1.31. The van der Waals surface area contributed by atoms with Gasteiger partial charge in [0.15, 0.2) is 0 Å². The fourth-order valence-electron chi connectivity index (χ4n) is 2.74. The Bertz CT molecular complexity index is 425. The van der Waals surface area contributed by atoms with Crippen LogP contribution in [0.2, 0.25) is 0 Å². The second-order valence-corrected chi connectivity index (χ2v) is 5.59. The molecule has 1 heterocycles. The molecule has 0 amide bonds. The number of carbonyl (C=O) groups excluding carboxylic acids is 1. The van der Waals surface area contributed by atoms with Gasteiger partial charge in [-0.2, -0.15) is 0 Å². The van der Waals surface area contributed by atoms with Gasteiger partial charge in [-0.15, -0.1) is 0 Å². The van der Waals surface area contributed by atoms with Crippen LogP contribution in [-0.2, 0) is 4.79 Å². The van der Waals surface area contributed by atoms with Crippen LogP contribution in [-0.4, -0.2) is 12.4 Å². The molecular formula is C17H24O2. The molecule has 2 nitrogen and oxygen atoms in total. The lowest BCUT2D eigenvalue weighted by atomic mass is 9.85. The van der Waals surface area contributed by atoms with Crippen LogP contribution < -0.4 is 4.74 Å². The Morgan fingerprint density at radius 2 is 2.21 bits per heavy atom. The summed E-state index contributed by atoms with van der Waals surface area (Å²) in [5.74, 6) is 1.93. The second kappa shape index (κ2) is 6.74. The van der Waals surface area contributed by atoms with E-state index in [0.717, 1.165) is 38.0 Å². The van der Waals surface area contributed by atoms with Crippen molar-refractivity contribution in [3.63, 3.8) is 0 Å². The van der Waals surface area contributed by atoms with Gasteiger partial charge in [0, 0.05) is 12.3 Å². The third kappa shape index (κ3) is 3.59. The van der Waals surface area contributed by atoms with E-state index in [0.29, 0.717) is 18.1 Å². The maximum absolute atomic E-state index is 12.3. The van der Waals surface area contributed by atoms with Crippen LogP contribution in [0.5, 0.6) is 5.75 Å². The normalized spacial score (nSPS) is 19.4. The molecule has 0 fully saturated rings. The van der Waals surface area contributed by atoms with E-state index >= 15 is 0 Å². The molecule has 2 unspecified atom stereocenters. The van der Waals surface area contributed by atoms with Crippen molar-refractivity contribution in [2.45, 2.75) is 51.9 Å². The number of hydrogen-bond acceptors (Lipinski definition) is 2. The van der Waals surface area contributed by atoms with Crippen LogP contribution in [0.3, 0.4) is 0 Å². The maximum Gasteiger partial charge on any atom is 0.136 e. The Morgan fingerprint density at radius 1 is 1.42 bits per heavy atom. The van der Waals surface area contributed by atoms with Crippen molar-refractivity contribution in [2.75, 3.05) is 6.61 Å². The van der Waals surface area contributed by atoms with Gasteiger partial charge in [0.2, 0.25) is 0 Å². The van der Waals surface area contributed by atoms with E-state index in [4.69, 9.17) is 4.74 Å². The summed E-state index contributed by atoms with van der Waals surface area (Å²) in [5.41, 5.74) is 1.21. The first kappa shape index (κ1) is 14.1. The molecule has 0 saturated carbocycles. The summed E-state index contributed by atoms with van der Waals surface area (Å²) in [5, 5.41) is 0. The zero-order valence-electron chi connectivity index (χ0n) is 12.0. The highest BCUT2D eigenvalue weighted by molar-refractivity contribution is 5.81. The first-order chi connectivity index (χ1) is 9.22. The molecule has 2 atom stereocenters. The maximum atomic E-state index is 12.3. The van der Waals surface area contributed by atoms with E-state index in [1.165, 1.54) is 5.56 Å². The summed E-state index contributed by atoms with van der Waals surface area (Å²) in [6, 6.07) is 8.13. The van der Waals surface area contributed by atoms with Crippen molar-refractivity contribution in [1.82, 2.24) is 0 Å². The van der Waals surface area contributed by atoms with Gasteiger partial charge in [0.1, 0.15) is 11.5 Å². The summed E-state index contributed by atoms with van der Waals surface area (Å²) >= 11 is 0. The van der Waals surface area contributed by atoms with Crippen LogP contribution >= 0.6 is 0 Å². The molecule has 0 saturated heterocycles. The molecule has 1 aliphatic heterocycles. The molecule has 0 radical (unpaired) electrons. The molecule has 1 aromatic carbocycles. The number of ketones is 1. The standard InChI is InChI=1S/C17H24O2/c1-3-4-7-13(2)16(18)12-14-10-11-19-17-9-6-5-8-15(14)17/h5-6,8-9,13-14H,3-4,7,10-12H2,1-2H3. The lowest BCUT2D eigenvalue weighted by Crippen LogP contribution is -2.20. The highest BCUT2D eigenvalue weighted by Crippen LogP contribution is 2.36. The number of Topliss-reactive ketones (excluding diaryl/α,β-unsaturated/α-hetero) is 1. The average molecular weight is 260 g/mol. The molecule has 0 aromatic heterocycles.